The number of carboxylic acid groups (broad SMARTS) is 1. The summed E-state index contributed by atoms with van der Waals surface area (Å²) in [6.07, 6.45) is 2.81. The highest BCUT2D eigenvalue weighted by molar-refractivity contribution is 6.05. The molecule has 1 aromatic rings. The maximum Gasteiger partial charge on any atom is 0.414 e. The van der Waals surface area contributed by atoms with Crippen LogP contribution in [0.4, 0.5) is 4.79 Å². The number of amides is 2. The fourth-order valence-corrected chi connectivity index (χ4v) is 1.47. The zero-order valence-electron chi connectivity index (χ0n) is 9.79. The first-order chi connectivity index (χ1) is 8.61. The van der Waals surface area contributed by atoms with E-state index >= 15 is 0 Å². The highest BCUT2D eigenvalue weighted by Crippen LogP contribution is 2.13. The van der Waals surface area contributed by atoms with Gasteiger partial charge in [-0.2, -0.15) is 0 Å². The van der Waals surface area contributed by atoms with Crippen molar-refractivity contribution in [3.63, 3.8) is 0 Å². The van der Waals surface area contributed by atoms with Gasteiger partial charge >= 0.3 is 6.09 Å². The summed E-state index contributed by atoms with van der Waals surface area (Å²) in [7, 11) is 0. The molecule has 1 aromatic carbocycles. The average molecular weight is 246 g/mol. The molecule has 0 atom stereocenters. The zero-order chi connectivity index (χ0) is 13.5. The van der Waals surface area contributed by atoms with Crippen molar-refractivity contribution in [3.05, 3.63) is 41.5 Å². The van der Waals surface area contributed by atoms with E-state index in [9.17, 15) is 14.4 Å². The van der Waals surface area contributed by atoms with Gasteiger partial charge in [0.1, 0.15) is 0 Å². The Balaban J connectivity index is 3.16. The van der Waals surface area contributed by atoms with Crippen LogP contribution in [0.25, 0.3) is 6.08 Å². The summed E-state index contributed by atoms with van der Waals surface area (Å²) < 4.78 is 0. The highest BCUT2D eigenvalue weighted by Gasteiger charge is 2.21. The fourth-order valence-electron chi connectivity index (χ4n) is 1.47. The summed E-state index contributed by atoms with van der Waals surface area (Å²) >= 11 is 0. The van der Waals surface area contributed by atoms with Crippen LogP contribution in [0.1, 0.15) is 22.8 Å². The van der Waals surface area contributed by atoms with Crippen molar-refractivity contribution < 1.29 is 19.5 Å². The van der Waals surface area contributed by atoms with E-state index in [1.807, 2.05) is 0 Å². The van der Waals surface area contributed by atoms with Gasteiger partial charge in [0.25, 0.3) is 5.91 Å². The molecule has 0 unspecified atom stereocenters. The maximum absolute atomic E-state index is 12.0. The minimum Gasteiger partial charge on any atom is -0.465 e. The van der Waals surface area contributed by atoms with Gasteiger partial charge in [-0.1, -0.05) is 24.3 Å². The molecule has 0 aliphatic carbocycles. The van der Waals surface area contributed by atoms with E-state index < -0.39 is 12.0 Å². The molecule has 1 rings (SSSR count). The maximum atomic E-state index is 12.0. The van der Waals surface area contributed by atoms with Gasteiger partial charge in [-0.3, -0.25) is 9.59 Å². The Bertz CT molecular complexity index is 494. The Hall–Kier alpha value is -2.43. The van der Waals surface area contributed by atoms with Crippen molar-refractivity contribution in [1.82, 2.24) is 4.90 Å². The molecule has 0 saturated carbocycles. The molecular weight excluding hydrogens is 234 g/mol. The molecule has 0 bridgehead atoms. The number of nitrogens with zero attached hydrogens (tertiary/aromatic N) is 1. The van der Waals surface area contributed by atoms with Gasteiger partial charge < -0.3 is 5.11 Å². The molecule has 0 aliphatic rings. The van der Waals surface area contributed by atoms with Crippen LogP contribution >= 0.6 is 0 Å². The summed E-state index contributed by atoms with van der Waals surface area (Å²) in [5.41, 5.74) is 0.707. The number of hydrogen-bond acceptors (Lipinski definition) is 3. The van der Waals surface area contributed by atoms with Crippen molar-refractivity contribution >= 4 is 24.4 Å². The third-order valence-electron chi connectivity index (χ3n) is 2.31. The first kappa shape index (κ1) is 13.6. The Morgan fingerprint density at radius 3 is 2.61 bits per heavy atom. The van der Waals surface area contributed by atoms with Crippen LogP contribution in [0.2, 0.25) is 0 Å². The quantitative estimate of drug-likeness (QED) is 0.824. The molecule has 0 heterocycles. The standard InChI is InChI=1S/C13H12NO4/c1-2-14(13(17)18)12(16)11-8-4-3-6-10(11)7-5-9-15/h3-8H,2H2,1H3,(H,17,18)/b7-5+. The molecule has 1 radical (unpaired) electrons. The van der Waals surface area contributed by atoms with E-state index in [2.05, 4.69) is 0 Å². The highest BCUT2D eigenvalue weighted by atomic mass is 16.4. The van der Waals surface area contributed by atoms with E-state index in [0.29, 0.717) is 10.5 Å². The Morgan fingerprint density at radius 2 is 2.06 bits per heavy atom. The first-order valence-electron chi connectivity index (χ1n) is 5.29. The van der Waals surface area contributed by atoms with Gasteiger partial charge in [-0.25, -0.2) is 9.69 Å². The van der Waals surface area contributed by atoms with Crippen molar-refractivity contribution in [2.24, 2.45) is 0 Å². The summed E-state index contributed by atoms with van der Waals surface area (Å²) in [6, 6.07) is 6.46. The summed E-state index contributed by atoms with van der Waals surface area (Å²) in [5, 5.41) is 8.90. The lowest BCUT2D eigenvalue weighted by molar-refractivity contribution is 0.0751. The van der Waals surface area contributed by atoms with Crippen LogP contribution in [0.15, 0.2) is 30.3 Å². The lowest BCUT2D eigenvalue weighted by Gasteiger charge is -2.16. The molecular formula is C13H12NO4. The summed E-state index contributed by atoms with van der Waals surface area (Å²) in [5.74, 6) is -0.615. The normalized spacial score (nSPS) is 10.3. The predicted molar refractivity (Wildman–Crippen MR) is 65.9 cm³/mol. The van der Waals surface area contributed by atoms with Crippen molar-refractivity contribution in [1.29, 1.82) is 0 Å². The second-order valence-electron chi connectivity index (χ2n) is 3.37. The van der Waals surface area contributed by atoms with Crippen molar-refractivity contribution in [2.75, 3.05) is 6.54 Å². The Labute approximate surface area is 104 Å². The Morgan fingerprint density at radius 1 is 1.39 bits per heavy atom. The minimum absolute atomic E-state index is 0.0615. The second-order valence-corrected chi connectivity index (χ2v) is 3.37. The van der Waals surface area contributed by atoms with E-state index in [4.69, 9.17) is 5.11 Å². The predicted octanol–water partition coefficient (Wildman–Crippen LogP) is 1.95. The molecule has 18 heavy (non-hydrogen) atoms. The Kier molecular flexibility index (Phi) is 4.80. The molecule has 1 N–H and O–H groups in total. The number of allylic oxidation sites excluding steroid dienone is 1. The van der Waals surface area contributed by atoms with Gasteiger partial charge in [-0.05, 0) is 24.6 Å². The number of benzene rings is 1. The molecule has 2 amide bonds. The lowest BCUT2D eigenvalue weighted by Crippen LogP contribution is -2.35. The SMILES string of the molecule is CCN(C(=O)O)C(=O)c1ccccc1/C=C/[C]=O. The summed E-state index contributed by atoms with van der Waals surface area (Å²) in [6.45, 7) is 1.63. The molecule has 0 aromatic heterocycles. The number of carbonyl (C=O) groups excluding carboxylic acids is 2. The van der Waals surface area contributed by atoms with Gasteiger partial charge in [0.2, 0.25) is 6.29 Å². The molecule has 0 fully saturated rings. The molecule has 0 saturated heterocycles. The van der Waals surface area contributed by atoms with Gasteiger partial charge in [0.05, 0.1) is 0 Å². The van der Waals surface area contributed by atoms with Gasteiger partial charge in [0, 0.05) is 12.1 Å². The van der Waals surface area contributed by atoms with Gasteiger partial charge in [0.15, 0.2) is 0 Å². The second kappa shape index (κ2) is 6.34. The topological polar surface area (TPSA) is 74.7 Å². The molecule has 0 aliphatic heterocycles. The van der Waals surface area contributed by atoms with Crippen LogP contribution < -0.4 is 0 Å². The van der Waals surface area contributed by atoms with Crippen molar-refractivity contribution in [3.8, 4) is 0 Å². The molecule has 0 spiro atoms. The molecule has 5 nitrogen and oxygen atoms in total. The van der Waals surface area contributed by atoms with Crippen LogP contribution in [0.5, 0.6) is 0 Å². The van der Waals surface area contributed by atoms with Crippen LogP contribution in [0.3, 0.4) is 0 Å². The molecule has 93 valence electrons. The third-order valence-corrected chi connectivity index (χ3v) is 2.31. The van der Waals surface area contributed by atoms with E-state index in [-0.39, 0.29) is 12.1 Å². The van der Waals surface area contributed by atoms with Crippen LogP contribution in [-0.2, 0) is 4.79 Å². The third kappa shape index (κ3) is 3.04. The van der Waals surface area contributed by atoms with E-state index in [0.717, 1.165) is 6.08 Å². The number of carbonyl (C=O) groups is 2. The fraction of sp³-hybridized carbons (Fsp3) is 0.154. The smallest absolute Gasteiger partial charge is 0.414 e. The number of rotatable bonds is 4. The van der Waals surface area contributed by atoms with Crippen molar-refractivity contribution in [2.45, 2.75) is 6.92 Å². The lowest BCUT2D eigenvalue weighted by atomic mass is 10.1. The molecule has 5 heteroatoms. The average Bonchev–Trinajstić information content (AvgIpc) is 2.37. The first-order valence-corrected chi connectivity index (χ1v) is 5.29. The van der Waals surface area contributed by atoms with Gasteiger partial charge in [-0.15, -0.1) is 0 Å². The van der Waals surface area contributed by atoms with Crippen LogP contribution in [0, 0.1) is 0 Å². The van der Waals surface area contributed by atoms with Crippen LogP contribution in [-0.4, -0.2) is 34.8 Å². The number of imide groups is 1. The zero-order valence-corrected chi connectivity index (χ0v) is 9.79. The minimum atomic E-state index is -1.30. The van der Waals surface area contributed by atoms with E-state index in [1.54, 1.807) is 31.4 Å². The number of hydrogen-bond donors (Lipinski definition) is 1. The summed E-state index contributed by atoms with van der Waals surface area (Å²) in [4.78, 5) is 33.8. The monoisotopic (exact) mass is 246 g/mol. The largest absolute Gasteiger partial charge is 0.465 e. The van der Waals surface area contributed by atoms with E-state index in [1.165, 1.54) is 12.1 Å².